The van der Waals surface area contributed by atoms with Gasteiger partial charge in [-0.2, -0.15) is 4.31 Å². The van der Waals surface area contributed by atoms with Gasteiger partial charge in [0.1, 0.15) is 0 Å². The van der Waals surface area contributed by atoms with E-state index in [1.807, 2.05) is 13.0 Å². The quantitative estimate of drug-likeness (QED) is 0.832. The van der Waals surface area contributed by atoms with E-state index in [1.165, 1.54) is 4.31 Å². The molecule has 0 bridgehead atoms. The summed E-state index contributed by atoms with van der Waals surface area (Å²) in [5.41, 5.74) is 1.75. The molecule has 4 nitrogen and oxygen atoms in total. The molecule has 1 aromatic rings. The first kappa shape index (κ1) is 16.9. The number of halogens is 1. The zero-order valence-electron chi connectivity index (χ0n) is 13.0. The van der Waals surface area contributed by atoms with E-state index in [9.17, 15) is 8.42 Å². The largest absolute Gasteiger partial charge is 0.310 e. The van der Waals surface area contributed by atoms with Crippen LogP contribution in [0.1, 0.15) is 37.8 Å². The Bertz CT molecular complexity index is 625. The van der Waals surface area contributed by atoms with Crippen molar-refractivity contribution < 1.29 is 8.42 Å². The summed E-state index contributed by atoms with van der Waals surface area (Å²) in [6, 6.07) is 4.31. The molecule has 1 N–H and O–H groups in total. The molecule has 0 atom stereocenters. The predicted molar refractivity (Wildman–Crippen MR) is 88.8 cm³/mol. The van der Waals surface area contributed by atoms with Crippen LogP contribution in [0.15, 0.2) is 21.5 Å². The van der Waals surface area contributed by atoms with Crippen LogP contribution in [0.4, 0.5) is 0 Å². The second kappa shape index (κ2) is 6.36. The molecule has 2 rings (SSSR count). The molecule has 1 aliphatic carbocycles. The van der Waals surface area contributed by atoms with E-state index in [2.05, 4.69) is 35.1 Å². The lowest BCUT2D eigenvalue weighted by molar-refractivity contribution is 0.463. The lowest BCUT2D eigenvalue weighted by atomic mass is 10.1. The molecule has 0 heterocycles. The zero-order chi connectivity index (χ0) is 15.8. The van der Waals surface area contributed by atoms with E-state index in [0.29, 0.717) is 17.5 Å². The zero-order valence-corrected chi connectivity index (χ0v) is 15.4. The summed E-state index contributed by atoms with van der Waals surface area (Å²) in [6.45, 7) is 6.65. The molecular weight excluding hydrogens is 352 g/mol. The molecule has 0 aliphatic heterocycles. The maximum atomic E-state index is 12.8. The van der Waals surface area contributed by atoms with E-state index in [1.54, 1.807) is 13.1 Å². The van der Waals surface area contributed by atoms with Gasteiger partial charge in [0.15, 0.2) is 0 Å². The van der Waals surface area contributed by atoms with E-state index in [4.69, 9.17) is 0 Å². The molecule has 0 unspecified atom stereocenters. The minimum absolute atomic E-state index is 0.172. The van der Waals surface area contributed by atoms with Crippen molar-refractivity contribution in [1.29, 1.82) is 0 Å². The highest BCUT2D eigenvalue weighted by molar-refractivity contribution is 9.10. The van der Waals surface area contributed by atoms with E-state index < -0.39 is 10.0 Å². The van der Waals surface area contributed by atoms with E-state index in [0.717, 1.165) is 28.4 Å². The summed E-state index contributed by atoms with van der Waals surface area (Å²) < 4.78 is 27.9. The fourth-order valence-electron chi connectivity index (χ4n) is 2.19. The number of rotatable bonds is 6. The van der Waals surface area contributed by atoms with Crippen LogP contribution >= 0.6 is 15.9 Å². The van der Waals surface area contributed by atoms with E-state index in [-0.39, 0.29) is 6.04 Å². The van der Waals surface area contributed by atoms with Gasteiger partial charge in [-0.25, -0.2) is 8.42 Å². The molecule has 0 spiro atoms. The smallest absolute Gasteiger partial charge is 0.243 e. The number of hydrogen-bond donors (Lipinski definition) is 1. The molecule has 0 saturated heterocycles. The van der Waals surface area contributed by atoms with Crippen molar-refractivity contribution >= 4 is 26.0 Å². The van der Waals surface area contributed by atoms with Crippen molar-refractivity contribution in [2.45, 2.75) is 57.1 Å². The Hall–Kier alpha value is -0.430. The Labute approximate surface area is 136 Å². The van der Waals surface area contributed by atoms with Crippen LogP contribution in [0.3, 0.4) is 0 Å². The average Bonchev–Trinajstić information content (AvgIpc) is 3.23. The minimum Gasteiger partial charge on any atom is -0.310 e. The predicted octanol–water partition coefficient (Wildman–Crippen LogP) is 3.04. The van der Waals surface area contributed by atoms with Crippen LogP contribution < -0.4 is 5.32 Å². The van der Waals surface area contributed by atoms with Crippen LogP contribution in [-0.4, -0.2) is 31.9 Å². The SMILES string of the molecule is Cc1c(Br)cc(CNC(C)C)cc1S(=O)(=O)N(C)C1CC1. The first-order chi connectivity index (χ1) is 9.73. The van der Waals surface area contributed by atoms with Gasteiger partial charge in [-0.15, -0.1) is 0 Å². The number of sulfonamides is 1. The van der Waals surface area contributed by atoms with Gasteiger partial charge in [-0.05, 0) is 43.0 Å². The Morgan fingerprint density at radius 1 is 1.38 bits per heavy atom. The van der Waals surface area contributed by atoms with Gasteiger partial charge in [0.05, 0.1) is 4.90 Å². The Kier molecular flexibility index (Phi) is 5.13. The molecule has 0 amide bonds. The molecule has 1 fully saturated rings. The average molecular weight is 375 g/mol. The van der Waals surface area contributed by atoms with Gasteiger partial charge in [-0.1, -0.05) is 29.8 Å². The third-order valence-corrected chi connectivity index (χ3v) is 6.65. The maximum Gasteiger partial charge on any atom is 0.243 e. The highest BCUT2D eigenvalue weighted by Crippen LogP contribution is 2.33. The fraction of sp³-hybridized carbons (Fsp3) is 0.600. The monoisotopic (exact) mass is 374 g/mol. The number of hydrogen-bond acceptors (Lipinski definition) is 3. The van der Waals surface area contributed by atoms with Crippen molar-refractivity contribution in [3.8, 4) is 0 Å². The van der Waals surface area contributed by atoms with Crippen LogP contribution in [0.5, 0.6) is 0 Å². The number of nitrogens with one attached hydrogen (secondary N) is 1. The van der Waals surface area contributed by atoms with Crippen molar-refractivity contribution in [2.75, 3.05) is 7.05 Å². The Morgan fingerprint density at radius 2 is 2.00 bits per heavy atom. The molecule has 118 valence electrons. The molecule has 0 aromatic heterocycles. The lowest BCUT2D eigenvalue weighted by Gasteiger charge is -2.20. The normalized spacial score (nSPS) is 16.0. The second-order valence-electron chi connectivity index (χ2n) is 5.99. The van der Waals surface area contributed by atoms with Crippen molar-refractivity contribution in [3.63, 3.8) is 0 Å². The number of nitrogens with zero attached hydrogens (tertiary/aromatic N) is 1. The van der Waals surface area contributed by atoms with Crippen molar-refractivity contribution in [3.05, 3.63) is 27.7 Å². The lowest BCUT2D eigenvalue weighted by Crippen LogP contribution is -2.30. The molecule has 1 aromatic carbocycles. The minimum atomic E-state index is -3.41. The molecule has 1 saturated carbocycles. The summed E-state index contributed by atoms with van der Waals surface area (Å²) in [6.07, 6.45) is 1.93. The molecule has 21 heavy (non-hydrogen) atoms. The molecule has 1 aliphatic rings. The van der Waals surface area contributed by atoms with Gasteiger partial charge in [0, 0.05) is 30.1 Å². The highest BCUT2D eigenvalue weighted by Gasteiger charge is 2.36. The van der Waals surface area contributed by atoms with Crippen LogP contribution in [0, 0.1) is 6.92 Å². The maximum absolute atomic E-state index is 12.8. The van der Waals surface area contributed by atoms with Crippen molar-refractivity contribution in [2.24, 2.45) is 0 Å². The topological polar surface area (TPSA) is 49.4 Å². The van der Waals surface area contributed by atoms with Crippen LogP contribution in [0.25, 0.3) is 0 Å². The van der Waals surface area contributed by atoms with Gasteiger partial charge in [-0.3, -0.25) is 0 Å². The van der Waals surface area contributed by atoms with Crippen molar-refractivity contribution in [1.82, 2.24) is 9.62 Å². The summed E-state index contributed by atoms with van der Waals surface area (Å²) in [5, 5.41) is 3.32. The van der Waals surface area contributed by atoms with Crippen LogP contribution in [-0.2, 0) is 16.6 Å². The fourth-order valence-corrected chi connectivity index (χ4v) is 4.54. The second-order valence-corrected chi connectivity index (χ2v) is 8.81. The van der Waals surface area contributed by atoms with Gasteiger partial charge >= 0.3 is 0 Å². The molecule has 0 radical (unpaired) electrons. The molecule has 6 heteroatoms. The standard InChI is InChI=1S/C15H23BrN2O2S/c1-10(2)17-9-12-7-14(16)11(3)15(8-12)21(19,20)18(4)13-5-6-13/h7-8,10,13,17H,5-6,9H2,1-4H3. The Morgan fingerprint density at radius 3 is 2.52 bits per heavy atom. The third kappa shape index (κ3) is 3.86. The number of benzene rings is 1. The first-order valence-corrected chi connectivity index (χ1v) is 9.47. The summed E-state index contributed by atoms with van der Waals surface area (Å²) in [5.74, 6) is 0. The summed E-state index contributed by atoms with van der Waals surface area (Å²) in [7, 11) is -1.73. The summed E-state index contributed by atoms with van der Waals surface area (Å²) in [4.78, 5) is 0.409. The van der Waals surface area contributed by atoms with E-state index >= 15 is 0 Å². The highest BCUT2D eigenvalue weighted by atomic mass is 79.9. The Balaban J connectivity index is 2.37. The third-order valence-electron chi connectivity index (χ3n) is 3.79. The summed E-state index contributed by atoms with van der Waals surface area (Å²) >= 11 is 3.49. The molecular formula is C15H23BrN2O2S. The van der Waals surface area contributed by atoms with Gasteiger partial charge < -0.3 is 5.32 Å². The first-order valence-electron chi connectivity index (χ1n) is 7.24. The van der Waals surface area contributed by atoms with Crippen LogP contribution in [0.2, 0.25) is 0 Å². The van der Waals surface area contributed by atoms with Gasteiger partial charge in [0.2, 0.25) is 10.0 Å². The van der Waals surface area contributed by atoms with Gasteiger partial charge in [0.25, 0.3) is 0 Å².